The summed E-state index contributed by atoms with van der Waals surface area (Å²) in [5, 5.41) is 2.92. The smallest absolute Gasteiger partial charge is 0.244 e. The van der Waals surface area contributed by atoms with Crippen molar-refractivity contribution in [3.8, 4) is 0 Å². The lowest BCUT2D eigenvalue weighted by molar-refractivity contribution is -0.127. The zero-order valence-electron chi connectivity index (χ0n) is 9.50. The second-order valence-electron chi connectivity index (χ2n) is 4.19. The highest BCUT2D eigenvalue weighted by atomic mass is 16.2. The van der Waals surface area contributed by atoms with Gasteiger partial charge in [0.1, 0.15) is 0 Å². The molecule has 0 aromatic rings. The molecule has 4 heteroatoms. The van der Waals surface area contributed by atoms with E-state index in [0.29, 0.717) is 11.8 Å². The fraction of sp³-hybridized carbons (Fsp3) is 0.900. The van der Waals surface area contributed by atoms with Gasteiger partial charge in [0.05, 0.1) is 0 Å². The molecule has 0 bridgehead atoms. The van der Waals surface area contributed by atoms with Crippen LogP contribution >= 0.6 is 0 Å². The van der Waals surface area contributed by atoms with Crippen LogP contribution in [-0.2, 0) is 4.79 Å². The number of nitrogens with one attached hydrogen (secondary N) is 2. The van der Waals surface area contributed by atoms with E-state index in [-0.39, 0.29) is 11.8 Å². The predicted molar refractivity (Wildman–Crippen MR) is 55.7 cm³/mol. The van der Waals surface area contributed by atoms with Gasteiger partial charge < -0.3 is 0 Å². The zero-order valence-corrected chi connectivity index (χ0v) is 9.50. The summed E-state index contributed by atoms with van der Waals surface area (Å²) in [6.07, 6.45) is 1.95. The molecule has 0 aromatic carbocycles. The summed E-state index contributed by atoms with van der Waals surface area (Å²) in [6, 6.07) is 0. The molecule has 4 nitrogen and oxygen atoms in total. The quantitative estimate of drug-likeness (QED) is 0.501. The summed E-state index contributed by atoms with van der Waals surface area (Å²) < 4.78 is 0. The summed E-state index contributed by atoms with van der Waals surface area (Å²) >= 11 is 0. The number of rotatable bonds is 6. The molecule has 0 aliphatic carbocycles. The van der Waals surface area contributed by atoms with Gasteiger partial charge in [0.15, 0.2) is 0 Å². The number of carbonyl (C=O) groups is 1. The topological polar surface area (TPSA) is 65.3 Å². The number of hydrogen-bond acceptors (Lipinski definition) is 3. The molecular formula is C10H21N3O. The Kier molecular flexibility index (Phi) is 6.08. The van der Waals surface area contributed by atoms with Crippen LogP contribution in [0, 0.1) is 23.3 Å². The van der Waals surface area contributed by atoms with Gasteiger partial charge in [-0.15, -0.1) is 0 Å². The van der Waals surface area contributed by atoms with E-state index < -0.39 is 0 Å². The normalized spacial score (nSPS) is 14.9. The maximum atomic E-state index is 11.5. The van der Waals surface area contributed by atoms with Gasteiger partial charge in [-0.1, -0.05) is 39.3 Å². The molecule has 0 heterocycles. The zero-order chi connectivity index (χ0) is 11.1. The first-order valence-electron chi connectivity index (χ1n) is 5.19. The lowest BCUT2D eigenvalue weighted by Gasteiger charge is -2.21. The first kappa shape index (κ1) is 13.1. The minimum Gasteiger partial charge on any atom is -0.273 e. The minimum atomic E-state index is -0.129. The Morgan fingerprint density at radius 1 is 1.43 bits per heavy atom. The van der Waals surface area contributed by atoms with Crippen LogP contribution in [-0.4, -0.2) is 5.91 Å². The SMILES string of the molecule is CCC(C)CC(C(=O)NN=N)C(C)C. The number of nitrogens with zero attached hydrogens (tertiary/aromatic N) is 1. The molecular weight excluding hydrogens is 178 g/mol. The van der Waals surface area contributed by atoms with E-state index >= 15 is 0 Å². The van der Waals surface area contributed by atoms with E-state index in [1.165, 1.54) is 0 Å². The van der Waals surface area contributed by atoms with Gasteiger partial charge in [-0.05, 0) is 18.3 Å². The maximum absolute atomic E-state index is 11.5. The van der Waals surface area contributed by atoms with Gasteiger partial charge in [-0.25, -0.2) is 5.43 Å². The Hall–Kier alpha value is -0.930. The van der Waals surface area contributed by atoms with Gasteiger partial charge in [0, 0.05) is 5.92 Å². The Labute approximate surface area is 85.9 Å². The Morgan fingerprint density at radius 3 is 2.36 bits per heavy atom. The standard InChI is InChI=1S/C10H21N3O/c1-5-8(4)6-9(7(2)3)10(14)12-13-11/h7-9H,5-6H2,1-4H3,(H2,11,12,14). The Balaban J connectivity index is 4.28. The Bertz CT molecular complexity index is 192. The van der Waals surface area contributed by atoms with E-state index in [9.17, 15) is 4.79 Å². The number of amides is 1. The van der Waals surface area contributed by atoms with Crippen molar-refractivity contribution >= 4 is 5.91 Å². The van der Waals surface area contributed by atoms with Gasteiger partial charge in [-0.3, -0.25) is 4.79 Å². The lowest BCUT2D eigenvalue weighted by atomic mass is 9.85. The van der Waals surface area contributed by atoms with E-state index in [1.54, 1.807) is 0 Å². The van der Waals surface area contributed by atoms with Crippen LogP contribution < -0.4 is 5.43 Å². The molecule has 82 valence electrons. The fourth-order valence-electron chi connectivity index (χ4n) is 1.42. The van der Waals surface area contributed by atoms with Crippen LogP contribution in [0.3, 0.4) is 0 Å². The molecule has 0 aliphatic heterocycles. The fourth-order valence-corrected chi connectivity index (χ4v) is 1.42. The number of carbonyl (C=O) groups excluding carboxylic acids is 1. The summed E-state index contributed by atoms with van der Waals surface area (Å²) in [6.45, 7) is 8.31. The van der Waals surface area contributed by atoms with Crippen molar-refractivity contribution in [2.75, 3.05) is 0 Å². The van der Waals surface area contributed by atoms with Crippen molar-refractivity contribution in [2.24, 2.45) is 23.0 Å². The molecule has 0 saturated carbocycles. The molecule has 0 radical (unpaired) electrons. The summed E-state index contributed by atoms with van der Waals surface area (Å²) in [5.74, 6) is 0.680. The van der Waals surface area contributed by atoms with Crippen molar-refractivity contribution in [3.05, 3.63) is 0 Å². The summed E-state index contributed by atoms with van der Waals surface area (Å²) in [7, 11) is 0. The molecule has 0 saturated heterocycles. The van der Waals surface area contributed by atoms with Crippen LogP contribution in [0.2, 0.25) is 0 Å². The van der Waals surface area contributed by atoms with Crippen LogP contribution in [0.4, 0.5) is 0 Å². The highest BCUT2D eigenvalue weighted by Crippen LogP contribution is 2.22. The van der Waals surface area contributed by atoms with E-state index in [2.05, 4.69) is 24.5 Å². The third-order valence-electron chi connectivity index (χ3n) is 2.66. The number of hydrogen-bond donors (Lipinski definition) is 2. The third-order valence-corrected chi connectivity index (χ3v) is 2.66. The lowest BCUT2D eigenvalue weighted by Crippen LogP contribution is -2.31. The molecule has 2 N–H and O–H groups in total. The molecule has 14 heavy (non-hydrogen) atoms. The highest BCUT2D eigenvalue weighted by molar-refractivity contribution is 5.78. The van der Waals surface area contributed by atoms with Gasteiger partial charge >= 0.3 is 0 Å². The first-order valence-corrected chi connectivity index (χ1v) is 5.19. The molecule has 2 atom stereocenters. The molecule has 0 spiro atoms. The predicted octanol–water partition coefficient (Wildman–Crippen LogP) is 2.76. The first-order chi connectivity index (χ1) is 6.52. The van der Waals surface area contributed by atoms with Crippen LogP contribution in [0.5, 0.6) is 0 Å². The average molecular weight is 199 g/mol. The average Bonchev–Trinajstić information content (AvgIpc) is 2.13. The largest absolute Gasteiger partial charge is 0.273 e. The van der Waals surface area contributed by atoms with Crippen LogP contribution in [0.15, 0.2) is 5.22 Å². The minimum absolute atomic E-state index is 0.0287. The Morgan fingerprint density at radius 2 is 2.00 bits per heavy atom. The highest BCUT2D eigenvalue weighted by Gasteiger charge is 2.23. The van der Waals surface area contributed by atoms with Gasteiger partial charge in [0.25, 0.3) is 0 Å². The van der Waals surface area contributed by atoms with E-state index in [4.69, 9.17) is 5.53 Å². The van der Waals surface area contributed by atoms with E-state index in [0.717, 1.165) is 12.8 Å². The van der Waals surface area contributed by atoms with E-state index in [1.807, 2.05) is 13.8 Å². The van der Waals surface area contributed by atoms with Crippen molar-refractivity contribution in [1.29, 1.82) is 5.53 Å². The molecule has 1 amide bonds. The van der Waals surface area contributed by atoms with Crippen molar-refractivity contribution in [2.45, 2.75) is 40.5 Å². The monoisotopic (exact) mass is 199 g/mol. The molecule has 0 rings (SSSR count). The van der Waals surface area contributed by atoms with Crippen LogP contribution in [0.1, 0.15) is 40.5 Å². The maximum Gasteiger partial charge on any atom is 0.244 e. The molecule has 0 fully saturated rings. The van der Waals surface area contributed by atoms with Crippen molar-refractivity contribution in [3.63, 3.8) is 0 Å². The molecule has 0 aliphatic rings. The second-order valence-corrected chi connectivity index (χ2v) is 4.19. The third kappa shape index (κ3) is 4.35. The van der Waals surface area contributed by atoms with Crippen molar-refractivity contribution < 1.29 is 4.79 Å². The second kappa shape index (κ2) is 6.51. The van der Waals surface area contributed by atoms with Gasteiger partial charge in [-0.2, -0.15) is 5.53 Å². The summed E-state index contributed by atoms with van der Waals surface area (Å²) in [4.78, 5) is 11.5. The van der Waals surface area contributed by atoms with Crippen LogP contribution in [0.25, 0.3) is 0 Å². The summed E-state index contributed by atoms with van der Waals surface area (Å²) in [5.41, 5.74) is 8.80. The van der Waals surface area contributed by atoms with Crippen molar-refractivity contribution in [1.82, 2.24) is 5.43 Å². The van der Waals surface area contributed by atoms with Gasteiger partial charge in [0.2, 0.25) is 5.91 Å². The molecule has 2 unspecified atom stereocenters. The molecule has 0 aromatic heterocycles.